The zero-order valence-corrected chi connectivity index (χ0v) is 18.8. The van der Waals surface area contributed by atoms with Gasteiger partial charge in [0, 0.05) is 11.5 Å². The van der Waals surface area contributed by atoms with E-state index >= 15 is 0 Å². The van der Waals surface area contributed by atoms with Crippen molar-refractivity contribution in [1.29, 1.82) is 0 Å². The van der Waals surface area contributed by atoms with E-state index in [9.17, 15) is 19.7 Å². The Bertz CT molecular complexity index is 1400. The Hall–Kier alpha value is -3.82. The number of nitro groups is 1. The summed E-state index contributed by atoms with van der Waals surface area (Å²) in [6, 6.07) is 16.6. The van der Waals surface area contributed by atoms with Crippen molar-refractivity contribution in [3.63, 3.8) is 0 Å². The average Bonchev–Trinajstić information content (AvgIpc) is 3.24. The smallest absolute Gasteiger partial charge is 0.339 e. The second kappa shape index (κ2) is 9.35. The number of pyridine rings is 1. The summed E-state index contributed by atoms with van der Waals surface area (Å²) in [5.41, 5.74) is 1.85. The number of nitrogens with zero attached hydrogens (tertiary/aromatic N) is 2. The summed E-state index contributed by atoms with van der Waals surface area (Å²) in [4.78, 5) is 41.2. The SMILES string of the molecule is Cc1ccc(NC(=O)COC(=O)c2cc(-c3ccc(Cl)s3)nc3ccccc23)c([N+](=O)[O-])c1. The van der Waals surface area contributed by atoms with Gasteiger partial charge in [-0.1, -0.05) is 35.9 Å². The molecule has 0 aliphatic carbocycles. The van der Waals surface area contributed by atoms with Gasteiger partial charge in [-0.15, -0.1) is 11.3 Å². The summed E-state index contributed by atoms with van der Waals surface area (Å²) >= 11 is 7.36. The molecule has 1 amide bonds. The highest BCUT2D eigenvalue weighted by Crippen LogP contribution is 2.32. The van der Waals surface area contributed by atoms with Crippen molar-refractivity contribution < 1.29 is 19.2 Å². The number of rotatable bonds is 6. The first-order valence-electron chi connectivity index (χ1n) is 9.69. The molecule has 33 heavy (non-hydrogen) atoms. The fourth-order valence-electron chi connectivity index (χ4n) is 3.22. The second-order valence-electron chi connectivity index (χ2n) is 7.08. The first-order valence-corrected chi connectivity index (χ1v) is 10.9. The predicted molar refractivity (Wildman–Crippen MR) is 127 cm³/mol. The molecule has 0 saturated heterocycles. The lowest BCUT2D eigenvalue weighted by molar-refractivity contribution is -0.384. The molecule has 0 atom stereocenters. The van der Waals surface area contributed by atoms with E-state index in [2.05, 4.69) is 10.3 Å². The summed E-state index contributed by atoms with van der Waals surface area (Å²) in [5, 5.41) is 14.2. The fraction of sp³-hybridized carbons (Fsp3) is 0.0870. The minimum Gasteiger partial charge on any atom is -0.452 e. The number of anilines is 1. The number of ether oxygens (including phenoxy) is 1. The molecule has 0 bridgehead atoms. The Morgan fingerprint density at radius 1 is 1.15 bits per heavy atom. The van der Waals surface area contributed by atoms with Gasteiger partial charge in [-0.2, -0.15) is 0 Å². The molecule has 8 nitrogen and oxygen atoms in total. The Labute approximate surface area is 196 Å². The number of hydrogen-bond acceptors (Lipinski definition) is 7. The molecule has 0 unspecified atom stereocenters. The number of hydrogen-bond donors (Lipinski definition) is 1. The number of halogens is 1. The van der Waals surface area contributed by atoms with E-state index in [1.807, 2.05) is 0 Å². The lowest BCUT2D eigenvalue weighted by atomic mass is 10.1. The van der Waals surface area contributed by atoms with Gasteiger partial charge in [0.05, 0.1) is 30.9 Å². The molecule has 0 spiro atoms. The fourth-order valence-corrected chi connectivity index (χ4v) is 4.22. The summed E-state index contributed by atoms with van der Waals surface area (Å²) < 4.78 is 5.81. The van der Waals surface area contributed by atoms with E-state index in [0.29, 0.717) is 26.5 Å². The molecule has 2 aromatic heterocycles. The Kier molecular flexibility index (Phi) is 6.34. The predicted octanol–water partition coefficient (Wildman–Crippen LogP) is 5.63. The third kappa shape index (κ3) is 5.00. The molecule has 0 aliphatic rings. The van der Waals surface area contributed by atoms with Crippen LogP contribution in [0.2, 0.25) is 4.34 Å². The van der Waals surface area contributed by atoms with Crippen LogP contribution in [-0.4, -0.2) is 28.4 Å². The van der Waals surface area contributed by atoms with Crippen LogP contribution in [0.1, 0.15) is 15.9 Å². The van der Waals surface area contributed by atoms with E-state index in [1.165, 1.54) is 23.5 Å². The van der Waals surface area contributed by atoms with Crippen LogP contribution >= 0.6 is 22.9 Å². The molecule has 4 rings (SSSR count). The standard InChI is InChI=1S/C23H16ClN3O5S/c1-13-6-7-17(19(10-13)27(30)31)26-22(28)12-32-23(29)15-11-18(20-8-9-21(24)33-20)25-16-5-3-2-4-14(15)16/h2-11H,12H2,1H3,(H,26,28). The quantitative estimate of drug-likeness (QED) is 0.217. The molecule has 2 aromatic carbocycles. The summed E-state index contributed by atoms with van der Waals surface area (Å²) in [6.07, 6.45) is 0. The lowest BCUT2D eigenvalue weighted by Crippen LogP contribution is -2.21. The maximum atomic E-state index is 12.9. The van der Waals surface area contributed by atoms with Crippen LogP contribution in [0.15, 0.2) is 60.7 Å². The van der Waals surface area contributed by atoms with E-state index in [4.69, 9.17) is 16.3 Å². The molecule has 2 heterocycles. The van der Waals surface area contributed by atoms with Crippen LogP contribution < -0.4 is 5.32 Å². The van der Waals surface area contributed by atoms with Crippen molar-refractivity contribution in [3.8, 4) is 10.6 Å². The zero-order chi connectivity index (χ0) is 23.5. The lowest BCUT2D eigenvalue weighted by Gasteiger charge is -2.10. The minimum absolute atomic E-state index is 0.0258. The number of carbonyl (C=O) groups is 2. The second-order valence-corrected chi connectivity index (χ2v) is 8.79. The highest BCUT2D eigenvalue weighted by Gasteiger charge is 2.19. The Morgan fingerprint density at radius 2 is 1.94 bits per heavy atom. The van der Waals surface area contributed by atoms with E-state index in [0.717, 1.165) is 4.88 Å². The van der Waals surface area contributed by atoms with Gasteiger partial charge in [0.2, 0.25) is 0 Å². The van der Waals surface area contributed by atoms with Crippen LogP contribution in [0.3, 0.4) is 0 Å². The van der Waals surface area contributed by atoms with Gasteiger partial charge < -0.3 is 10.1 Å². The van der Waals surface area contributed by atoms with E-state index in [1.54, 1.807) is 55.5 Å². The number of aromatic nitrogens is 1. The van der Waals surface area contributed by atoms with Crippen molar-refractivity contribution >= 4 is 57.1 Å². The number of carbonyl (C=O) groups excluding carboxylic acids is 2. The van der Waals surface area contributed by atoms with Crippen molar-refractivity contribution in [2.24, 2.45) is 0 Å². The molecule has 0 fully saturated rings. The number of fused-ring (bicyclic) bond motifs is 1. The molecular formula is C23H16ClN3O5S. The van der Waals surface area contributed by atoms with E-state index in [-0.39, 0.29) is 16.9 Å². The number of nitro benzene ring substituents is 1. The van der Waals surface area contributed by atoms with Crippen LogP contribution in [0.25, 0.3) is 21.5 Å². The van der Waals surface area contributed by atoms with Crippen molar-refractivity contribution in [3.05, 3.63) is 86.2 Å². The Balaban J connectivity index is 1.55. The molecule has 0 aliphatic heterocycles. The van der Waals surface area contributed by atoms with Gasteiger partial charge in [-0.3, -0.25) is 14.9 Å². The molecule has 0 radical (unpaired) electrons. The average molecular weight is 482 g/mol. The number of aryl methyl sites for hydroxylation is 1. The molecule has 0 saturated carbocycles. The summed E-state index contributed by atoms with van der Waals surface area (Å²) in [7, 11) is 0. The van der Waals surface area contributed by atoms with Gasteiger partial charge in [0.1, 0.15) is 5.69 Å². The third-order valence-corrected chi connectivity index (χ3v) is 5.97. The highest BCUT2D eigenvalue weighted by molar-refractivity contribution is 7.19. The number of thiophene rings is 1. The van der Waals surface area contributed by atoms with Crippen LogP contribution in [0, 0.1) is 17.0 Å². The molecule has 166 valence electrons. The maximum absolute atomic E-state index is 12.9. The molecule has 4 aromatic rings. The van der Waals surface area contributed by atoms with Crippen LogP contribution in [0.4, 0.5) is 11.4 Å². The van der Waals surface area contributed by atoms with Gasteiger partial charge >= 0.3 is 5.97 Å². The van der Waals surface area contributed by atoms with Gasteiger partial charge in [0.25, 0.3) is 11.6 Å². The molecular weight excluding hydrogens is 466 g/mol. The number of amides is 1. The number of esters is 1. The topological polar surface area (TPSA) is 111 Å². The van der Waals surface area contributed by atoms with Gasteiger partial charge in [-0.25, -0.2) is 9.78 Å². The van der Waals surface area contributed by atoms with Crippen molar-refractivity contribution in [2.45, 2.75) is 6.92 Å². The Morgan fingerprint density at radius 3 is 2.67 bits per heavy atom. The maximum Gasteiger partial charge on any atom is 0.339 e. The first-order chi connectivity index (χ1) is 15.8. The van der Waals surface area contributed by atoms with Gasteiger partial charge in [0.15, 0.2) is 6.61 Å². The van der Waals surface area contributed by atoms with Crippen LogP contribution in [0.5, 0.6) is 0 Å². The molecule has 10 heteroatoms. The summed E-state index contributed by atoms with van der Waals surface area (Å²) in [6.45, 7) is 1.10. The first kappa shape index (κ1) is 22.4. The third-order valence-electron chi connectivity index (χ3n) is 4.72. The normalized spacial score (nSPS) is 10.7. The van der Waals surface area contributed by atoms with Crippen molar-refractivity contribution in [2.75, 3.05) is 11.9 Å². The summed E-state index contributed by atoms with van der Waals surface area (Å²) in [5.74, 6) is -1.41. The number of nitrogens with one attached hydrogen (secondary N) is 1. The monoisotopic (exact) mass is 481 g/mol. The molecule has 1 N–H and O–H groups in total. The highest BCUT2D eigenvalue weighted by atomic mass is 35.5. The minimum atomic E-state index is -0.717. The number of para-hydroxylation sites is 1. The van der Waals surface area contributed by atoms with Crippen LogP contribution in [-0.2, 0) is 9.53 Å². The van der Waals surface area contributed by atoms with E-state index < -0.39 is 23.4 Å². The largest absolute Gasteiger partial charge is 0.452 e. The van der Waals surface area contributed by atoms with Crippen molar-refractivity contribution in [1.82, 2.24) is 4.98 Å². The van der Waals surface area contributed by atoms with Gasteiger partial charge in [-0.05, 0) is 42.8 Å². The zero-order valence-electron chi connectivity index (χ0n) is 17.2. The number of benzene rings is 2.